The number of nitriles is 1. The smallest absolute Gasteiger partial charge is 0.227 e. The highest BCUT2D eigenvalue weighted by Gasteiger charge is 2.42. The van der Waals surface area contributed by atoms with E-state index in [4.69, 9.17) is 33.2 Å². The van der Waals surface area contributed by atoms with Crippen molar-refractivity contribution >= 4 is 29.1 Å². The lowest BCUT2D eigenvalue weighted by Crippen LogP contribution is -2.36. The number of ether oxygens (including phenoxy) is 1. The van der Waals surface area contributed by atoms with Gasteiger partial charge in [-0.15, -0.1) is 0 Å². The molecule has 0 radical (unpaired) electrons. The monoisotopic (exact) mass is 458 g/mol. The van der Waals surface area contributed by atoms with Gasteiger partial charge in [0.1, 0.15) is 12.2 Å². The van der Waals surface area contributed by atoms with E-state index in [2.05, 4.69) is 16.4 Å². The zero-order valence-electron chi connectivity index (χ0n) is 17.2. The summed E-state index contributed by atoms with van der Waals surface area (Å²) < 4.78 is 6.13. The van der Waals surface area contributed by atoms with Crippen molar-refractivity contribution in [3.63, 3.8) is 0 Å². The second kappa shape index (κ2) is 9.44. The maximum Gasteiger partial charge on any atom is 0.227 e. The van der Waals surface area contributed by atoms with Crippen LogP contribution in [0.1, 0.15) is 30.4 Å². The van der Waals surface area contributed by atoms with Crippen LogP contribution < -0.4 is 10.1 Å². The number of hydrogen-bond acceptors (Lipinski definition) is 5. The third-order valence-electron chi connectivity index (χ3n) is 6.23. The van der Waals surface area contributed by atoms with Crippen LogP contribution in [-0.4, -0.2) is 48.1 Å². The normalized spacial score (nSPS) is 24.1. The largest absolute Gasteiger partial charge is 0.474 e. The molecule has 0 bridgehead atoms. The van der Waals surface area contributed by atoms with Gasteiger partial charge in [0.05, 0.1) is 21.5 Å². The van der Waals surface area contributed by atoms with Crippen molar-refractivity contribution in [1.29, 1.82) is 5.26 Å². The van der Waals surface area contributed by atoms with Crippen LogP contribution in [-0.2, 0) is 4.79 Å². The van der Waals surface area contributed by atoms with Gasteiger partial charge in [0.2, 0.25) is 11.8 Å². The molecule has 1 aromatic carbocycles. The summed E-state index contributed by atoms with van der Waals surface area (Å²) in [5, 5.41) is 13.3. The molecule has 4 atom stereocenters. The first-order valence-corrected chi connectivity index (χ1v) is 11.2. The quantitative estimate of drug-likeness (QED) is 0.735. The van der Waals surface area contributed by atoms with Crippen LogP contribution in [0.3, 0.4) is 0 Å². The number of carbonyl (C=O) groups excluding carboxylic acids is 1. The molecule has 2 saturated heterocycles. The van der Waals surface area contributed by atoms with Crippen molar-refractivity contribution in [3.05, 3.63) is 57.7 Å². The second-order valence-electron chi connectivity index (χ2n) is 8.20. The number of nitrogens with zero attached hydrogens (tertiary/aromatic N) is 3. The molecule has 3 heterocycles. The van der Waals surface area contributed by atoms with Gasteiger partial charge in [-0.3, -0.25) is 4.79 Å². The molecule has 6 nitrogen and oxygen atoms in total. The Labute approximate surface area is 192 Å². The molecule has 2 aliphatic rings. The molecule has 0 aliphatic carbocycles. The molecule has 162 valence electrons. The number of benzene rings is 1. The van der Waals surface area contributed by atoms with Crippen molar-refractivity contribution in [1.82, 2.24) is 15.2 Å². The zero-order valence-corrected chi connectivity index (χ0v) is 18.7. The molecule has 4 rings (SSSR count). The van der Waals surface area contributed by atoms with Gasteiger partial charge >= 0.3 is 0 Å². The van der Waals surface area contributed by atoms with Crippen LogP contribution in [0.2, 0.25) is 10.0 Å². The average Bonchev–Trinajstić information content (AvgIpc) is 3.46. The highest BCUT2D eigenvalue weighted by Crippen LogP contribution is 2.39. The van der Waals surface area contributed by atoms with Crippen LogP contribution in [0, 0.1) is 23.2 Å². The second-order valence-corrected chi connectivity index (χ2v) is 9.01. The molecule has 0 unspecified atom stereocenters. The Morgan fingerprint density at radius 2 is 2.13 bits per heavy atom. The Hall–Kier alpha value is -2.33. The Bertz CT molecular complexity index is 986. The molecule has 1 N–H and O–H groups in total. The first-order chi connectivity index (χ1) is 15.0. The molecule has 2 fully saturated rings. The summed E-state index contributed by atoms with van der Waals surface area (Å²) in [4.78, 5) is 19.3. The fourth-order valence-electron chi connectivity index (χ4n) is 4.50. The lowest BCUT2D eigenvalue weighted by atomic mass is 9.86. The topological polar surface area (TPSA) is 78.2 Å². The molecular formula is C23H24Cl2N4O2. The van der Waals surface area contributed by atoms with E-state index in [1.807, 2.05) is 24.0 Å². The maximum absolute atomic E-state index is 13.1. The summed E-state index contributed by atoms with van der Waals surface area (Å²) in [6.07, 6.45) is 2.17. The molecule has 0 spiro atoms. The van der Waals surface area contributed by atoms with E-state index < -0.39 is 0 Å². The van der Waals surface area contributed by atoms with E-state index in [-0.39, 0.29) is 29.8 Å². The van der Waals surface area contributed by atoms with Gasteiger partial charge in [0.15, 0.2) is 0 Å². The van der Waals surface area contributed by atoms with Gasteiger partial charge in [-0.2, -0.15) is 5.26 Å². The molecule has 31 heavy (non-hydrogen) atoms. The molecule has 2 aromatic rings. The van der Waals surface area contributed by atoms with Gasteiger partial charge in [0, 0.05) is 43.7 Å². The van der Waals surface area contributed by atoms with Crippen molar-refractivity contribution in [2.75, 3.05) is 26.2 Å². The fraction of sp³-hybridized carbons (Fsp3) is 0.435. The number of nitrogens with one attached hydrogen (secondary N) is 1. The number of carbonyl (C=O) groups is 1. The Balaban J connectivity index is 1.56. The minimum Gasteiger partial charge on any atom is -0.474 e. The lowest BCUT2D eigenvalue weighted by molar-refractivity contribution is -0.134. The lowest BCUT2D eigenvalue weighted by Gasteiger charge is -2.25. The minimum absolute atomic E-state index is 0.0321. The van der Waals surface area contributed by atoms with E-state index in [0.717, 1.165) is 25.1 Å². The predicted octanol–water partition coefficient (Wildman–Crippen LogP) is 3.88. The number of rotatable bonds is 5. The summed E-state index contributed by atoms with van der Waals surface area (Å²) in [7, 11) is 0. The van der Waals surface area contributed by atoms with Crippen molar-refractivity contribution in [3.8, 4) is 11.9 Å². The van der Waals surface area contributed by atoms with E-state index in [1.54, 1.807) is 18.2 Å². The third kappa shape index (κ3) is 4.79. The molecule has 2 aliphatic heterocycles. The average molecular weight is 459 g/mol. The highest BCUT2D eigenvalue weighted by atomic mass is 35.5. The van der Waals surface area contributed by atoms with Gasteiger partial charge in [-0.25, -0.2) is 4.98 Å². The van der Waals surface area contributed by atoms with E-state index >= 15 is 0 Å². The number of pyridine rings is 1. The number of likely N-dealkylation sites (tertiary alicyclic amines) is 1. The maximum atomic E-state index is 13.1. The van der Waals surface area contributed by atoms with Crippen molar-refractivity contribution < 1.29 is 9.53 Å². The van der Waals surface area contributed by atoms with Gasteiger partial charge in [-0.05, 0) is 43.7 Å². The van der Waals surface area contributed by atoms with E-state index in [0.29, 0.717) is 34.6 Å². The standard InChI is InChI=1S/C23H24Cl2N4O2/c1-14(31-22-5-2-15(9-26)10-28-22)18-12-29(23(30)17-6-7-27-11-17)13-19(18)16-3-4-20(24)21(25)8-16/h2-5,8,10,14,17-19,27H,6-7,11-13H2,1H3/t14-,17-,18+,19+/m0/s1. The third-order valence-corrected chi connectivity index (χ3v) is 6.97. The van der Waals surface area contributed by atoms with Crippen molar-refractivity contribution in [2.45, 2.75) is 25.4 Å². The van der Waals surface area contributed by atoms with E-state index in [9.17, 15) is 4.79 Å². The van der Waals surface area contributed by atoms with Crippen LogP contribution >= 0.6 is 23.2 Å². The zero-order chi connectivity index (χ0) is 22.0. The Kier molecular flexibility index (Phi) is 6.66. The summed E-state index contributed by atoms with van der Waals surface area (Å²) in [6, 6.07) is 11.1. The van der Waals surface area contributed by atoms with Crippen LogP contribution in [0.4, 0.5) is 0 Å². The number of hydrogen-bond donors (Lipinski definition) is 1. The van der Waals surface area contributed by atoms with Gasteiger partial charge in [0.25, 0.3) is 0 Å². The van der Waals surface area contributed by atoms with Crippen LogP contribution in [0.15, 0.2) is 36.5 Å². The minimum atomic E-state index is -0.195. The summed E-state index contributed by atoms with van der Waals surface area (Å²) in [6.45, 7) is 4.84. The number of halogens is 2. The molecule has 1 amide bonds. The summed E-state index contributed by atoms with van der Waals surface area (Å²) in [5.74, 6) is 0.824. The van der Waals surface area contributed by atoms with Crippen LogP contribution in [0.5, 0.6) is 5.88 Å². The first-order valence-electron chi connectivity index (χ1n) is 10.4. The summed E-state index contributed by atoms with van der Waals surface area (Å²) in [5.41, 5.74) is 1.53. The fourth-order valence-corrected chi connectivity index (χ4v) is 4.80. The molecular weight excluding hydrogens is 435 g/mol. The Morgan fingerprint density at radius 3 is 2.77 bits per heavy atom. The van der Waals surface area contributed by atoms with Crippen molar-refractivity contribution in [2.24, 2.45) is 11.8 Å². The van der Waals surface area contributed by atoms with E-state index in [1.165, 1.54) is 6.20 Å². The SMILES string of the molecule is C[C@H](Oc1ccc(C#N)cn1)[C@H]1CN(C(=O)[C@H]2CCNC2)C[C@@H]1c1ccc(Cl)c(Cl)c1. The number of aromatic nitrogens is 1. The van der Waals surface area contributed by atoms with Crippen LogP contribution in [0.25, 0.3) is 0 Å². The number of amides is 1. The molecule has 1 aromatic heterocycles. The Morgan fingerprint density at radius 1 is 1.29 bits per heavy atom. The molecule has 0 saturated carbocycles. The van der Waals surface area contributed by atoms with Gasteiger partial charge < -0.3 is 15.0 Å². The molecule has 8 heteroatoms. The van der Waals surface area contributed by atoms with Gasteiger partial charge in [-0.1, -0.05) is 29.3 Å². The highest BCUT2D eigenvalue weighted by molar-refractivity contribution is 6.42. The predicted molar refractivity (Wildman–Crippen MR) is 119 cm³/mol. The first kappa shape index (κ1) is 21.9. The summed E-state index contributed by atoms with van der Waals surface area (Å²) >= 11 is 12.4.